The molecule has 0 bridgehead atoms. The average Bonchev–Trinajstić information content (AvgIpc) is 0.768. The molecule has 6 aliphatic rings. The molecule has 38 nitrogen and oxygen atoms in total. The van der Waals surface area contributed by atoms with E-state index < -0.39 is 77.6 Å². The third-order valence-corrected chi connectivity index (χ3v) is 30.7. The molecule has 6 N–H and O–H groups in total. The van der Waals surface area contributed by atoms with E-state index in [0.717, 1.165) is 240 Å². The highest BCUT2D eigenvalue weighted by molar-refractivity contribution is 7.90. The molecular formula is C100H129Cl2F3N24O14S6. The number of ether oxygens (including phenoxy) is 2. The molecule has 49 heteroatoms. The summed E-state index contributed by atoms with van der Waals surface area (Å²) in [6, 6.07) is 38.9. The lowest BCUT2D eigenvalue weighted by Crippen LogP contribution is -2.41. The fraction of sp³-hybridized carbons (Fsp3) is 0.460. The smallest absolute Gasteiger partial charge is 0.208 e. The van der Waals surface area contributed by atoms with Crippen LogP contribution in [-0.2, 0) is 60.1 Å². The van der Waals surface area contributed by atoms with Crippen molar-refractivity contribution in [3.63, 3.8) is 0 Å². The summed E-state index contributed by atoms with van der Waals surface area (Å²) >= 11 is 6.08. The number of rotatable bonds is 27. The van der Waals surface area contributed by atoms with Crippen LogP contribution in [0.3, 0.4) is 0 Å². The van der Waals surface area contributed by atoms with Gasteiger partial charge in [0, 0.05) is 168 Å². The highest BCUT2D eigenvalue weighted by Gasteiger charge is 2.32. The maximum absolute atomic E-state index is 13.7. The summed E-state index contributed by atoms with van der Waals surface area (Å²) in [7, 11) is -15.9. The first kappa shape index (κ1) is 115. The Morgan fingerprint density at radius 3 is 1.00 bits per heavy atom. The first-order valence-electron chi connectivity index (χ1n) is 48.9. The molecule has 6 aromatic heterocycles. The van der Waals surface area contributed by atoms with Gasteiger partial charge in [0.2, 0.25) is 60.1 Å². The number of aryl methyl sites for hydroxylation is 2. The van der Waals surface area contributed by atoms with Crippen LogP contribution >= 0.6 is 24.0 Å². The van der Waals surface area contributed by atoms with Crippen LogP contribution in [-0.4, -0.2) is 280 Å². The zero-order valence-corrected chi connectivity index (χ0v) is 91.3. The van der Waals surface area contributed by atoms with Crippen molar-refractivity contribution in [2.24, 2.45) is 35.5 Å². The zero-order chi connectivity index (χ0) is 106. The average molecular weight is 2210 g/mol. The summed E-state index contributed by atoms with van der Waals surface area (Å²) in [4.78, 5) is 65.8. The number of hydrogen-bond acceptors (Lipinski definition) is 32. The molecule has 0 spiro atoms. The summed E-state index contributed by atoms with van der Waals surface area (Å²) in [5, 5.41) is 5.31. The Morgan fingerprint density at radius 2 is 0.631 bits per heavy atom. The Bertz CT molecular complexity index is 7450. The predicted molar refractivity (Wildman–Crippen MR) is 584 cm³/mol. The van der Waals surface area contributed by atoms with Gasteiger partial charge < -0.3 is 38.9 Å². The second-order valence-corrected chi connectivity index (χ2v) is 49.9. The molecule has 13 aromatic rings. The van der Waals surface area contributed by atoms with E-state index in [1.165, 1.54) is 60.9 Å². The van der Waals surface area contributed by atoms with Crippen molar-refractivity contribution in [1.29, 1.82) is 0 Å². The van der Waals surface area contributed by atoms with Crippen molar-refractivity contribution in [3.8, 4) is 22.9 Å². The van der Waals surface area contributed by atoms with Gasteiger partial charge in [0.1, 0.15) is 72.4 Å². The first-order valence-corrected chi connectivity index (χ1v) is 60.6. The third kappa shape index (κ3) is 33.7. The van der Waals surface area contributed by atoms with E-state index in [1.54, 1.807) is 33.2 Å². The van der Waals surface area contributed by atoms with Gasteiger partial charge in [-0.1, -0.05) is 77.3 Å². The summed E-state index contributed by atoms with van der Waals surface area (Å²) in [5.74, 6) is 5.87. The predicted octanol–water partition coefficient (Wildman–Crippen LogP) is 12.2. The highest BCUT2D eigenvalue weighted by Crippen LogP contribution is 2.40. The molecule has 7 aromatic carbocycles. The number of halogens is 5. The molecule has 6 saturated heterocycles. The van der Waals surface area contributed by atoms with Crippen molar-refractivity contribution >= 4 is 184 Å². The van der Waals surface area contributed by atoms with Gasteiger partial charge in [-0.3, -0.25) is 0 Å². The molecule has 804 valence electrons. The van der Waals surface area contributed by atoms with Gasteiger partial charge in [0.05, 0.1) is 89.9 Å². The van der Waals surface area contributed by atoms with Gasteiger partial charge in [0.25, 0.3) is 0 Å². The minimum Gasteiger partial charge on any atom is -0.493 e. The van der Waals surface area contributed by atoms with Gasteiger partial charge in [-0.05, 0) is 187 Å². The van der Waals surface area contributed by atoms with Gasteiger partial charge in [-0.2, -0.15) is 0 Å². The molecule has 12 heterocycles. The quantitative estimate of drug-likeness (QED) is 0.0278. The van der Waals surface area contributed by atoms with E-state index in [0.29, 0.717) is 115 Å². The number of hydrogen-bond donors (Lipinski definition) is 6. The summed E-state index contributed by atoms with van der Waals surface area (Å²) in [6.45, 7) is 16.2. The van der Waals surface area contributed by atoms with E-state index >= 15 is 0 Å². The zero-order valence-electron chi connectivity index (χ0n) is 84.8. The van der Waals surface area contributed by atoms with E-state index in [4.69, 9.17) is 31.0 Å². The number of nitrogens with zero attached hydrogens (tertiary/aromatic N) is 18. The largest absolute Gasteiger partial charge is 0.493 e. The topological polar surface area (TPSA) is 470 Å². The maximum Gasteiger partial charge on any atom is 0.208 e. The molecule has 0 saturated carbocycles. The Morgan fingerprint density at radius 1 is 0.322 bits per heavy atom. The summed E-state index contributed by atoms with van der Waals surface area (Å²) in [5.41, 5.74) is 7.79. The maximum atomic E-state index is 13.7. The van der Waals surface area contributed by atoms with E-state index in [1.807, 2.05) is 94.7 Å². The van der Waals surface area contributed by atoms with Crippen LogP contribution in [0, 0.1) is 66.8 Å². The van der Waals surface area contributed by atoms with Crippen LogP contribution in [0.2, 0.25) is 5.02 Å². The van der Waals surface area contributed by atoms with Crippen LogP contribution in [0.5, 0.6) is 11.5 Å². The third-order valence-electron chi connectivity index (χ3n) is 26.3. The van der Waals surface area contributed by atoms with Gasteiger partial charge >= 0.3 is 0 Å². The van der Waals surface area contributed by atoms with E-state index in [2.05, 4.69) is 130 Å². The monoisotopic (exact) mass is 2210 g/mol. The molecule has 149 heavy (non-hydrogen) atoms. The fourth-order valence-electron chi connectivity index (χ4n) is 19.2. The number of anilines is 6. The van der Waals surface area contributed by atoms with Crippen molar-refractivity contribution in [2.45, 2.75) is 90.9 Å². The summed E-state index contributed by atoms with van der Waals surface area (Å²) < 4.78 is 203. The lowest BCUT2D eigenvalue weighted by molar-refractivity contribution is 0.355. The molecule has 6 unspecified atom stereocenters. The number of piperidine rings is 6. The Kier molecular flexibility index (Phi) is 39.9. The Labute approximate surface area is 880 Å². The number of methoxy groups -OCH3 is 2. The van der Waals surface area contributed by atoms with Crippen LogP contribution in [0.15, 0.2) is 159 Å². The SMILES string of the molecule is COc1cc2ncnc(N3CCCC(CNS(C)(=O)=O)C3)c2cc1OC.CS(=O)(=O)NCC1CCCN(c2nc(-c3ccccc3)nc3ccccc23)C1.CS(=O)(=O)NCC1CCCN(c2ncnc3c(Cl)cc(F)cc23)C1.CS(=O)(=O)NCC1CCCN(c2ncnc3cc(F)c(F)cc23)C1.Cc1ccc2ncnc(N3CCCC(CNS(C)(=O)=O)C3)c2c1.Cc1ccc2ncnc(N3CCCC(CNS(C)(=O)=O)C3)c2c1.Cl. The van der Waals surface area contributed by atoms with Gasteiger partial charge in [0.15, 0.2) is 29.0 Å². The van der Waals surface area contributed by atoms with Gasteiger partial charge in [-0.15, -0.1) is 12.4 Å². The highest BCUT2D eigenvalue weighted by atomic mass is 35.5. The van der Waals surface area contributed by atoms with Crippen LogP contribution in [0.4, 0.5) is 48.1 Å². The van der Waals surface area contributed by atoms with E-state index in [9.17, 15) is 63.7 Å². The van der Waals surface area contributed by atoms with Crippen molar-refractivity contribution < 1.29 is 73.2 Å². The molecule has 6 fully saturated rings. The standard InChI is InChI=1S/C21H24N4O2S.C17H24N4O4S.2C16H22N4O2S.C15H18ClFN4O2S.C15H18F2N4O2S.ClH/c1-28(26,27)22-14-16-8-7-13-25(15-16)21-18-11-5-6-12-19(18)23-20(24-21)17-9-3-2-4-10-17;1-24-15-7-13-14(8-16(15)25-2)18-11-19-17(13)21-6-4-5-12(10-21)9-20-26(3,22)23;2*1-12-5-6-15-14(8-12)16(18-11-17-15)20-7-3-4-13(10-20)9-19-23(2,21)22;1-24(22,23)20-7-10-3-2-4-21(8-10)15-12-5-11(17)6-13(16)14(12)18-9-19-15;1-24(22,23)20-7-10-3-2-4-21(8-10)15-11-5-12(16)13(17)6-14(11)18-9-19-15;/h2-6,9-12,16,22H,7-8,13-15H2,1H3;7-8,11-12,20H,4-6,9-10H2,1-3H3;2*5-6,8,11,13,19H,3-4,7,9-10H2,1-2H3;2*5-6,9-10,20H,2-4,7-8H2,1H3;1H. The van der Waals surface area contributed by atoms with Crippen LogP contribution < -0.4 is 67.2 Å². The van der Waals surface area contributed by atoms with Crippen LogP contribution in [0.1, 0.15) is 88.2 Å². The molecule has 19 rings (SSSR count). The van der Waals surface area contributed by atoms with Crippen LogP contribution in [0.25, 0.3) is 76.8 Å². The second kappa shape index (κ2) is 51.8. The van der Waals surface area contributed by atoms with Gasteiger partial charge in [-0.25, -0.2) is 152 Å². The molecule has 0 radical (unpaired) electrons. The fourth-order valence-corrected chi connectivity index (χ4v) is 22.7. The first-order chi connectivity index (χ1) is 70.4. The normalized spacial score (nSPS) is 18.5. The minimum atomic E-state index is -3.24. The number of sulfonamides is 6. The molecule has 0 amide bonds. The second-order valence-electron chi connectivity index (χ2n) is 38.5. The molecule has 6 aliphatic heterocycles. The number of benzene rings is 7. The number of aromatic nitrogens is 12. The van der Waals surface area contributed by atoms with Crippen molar-refractivity contribution in [1.82, 2.24) is 88.1 Å². The number of nitrogens with one attached hydrogen (secondary N) is 6. The van der Waals surface area contributed by atoms with E-state index in [-0.39, 0.29) is 41.1 Å². The van der Waals surface area contributed by atoms with Crippen molar-refractivity contribution in [3.05, 3.63) is 193 Å². The lowest BCUT2D eigenvalue weighted by atomic mass is 9.98. The minimum absolute atomic E-state index is 0. The lowest BCUT2D eigenvalue weighted by Gasteiger charge is -2.34. The number of fused-ring (bicyclic) bond motifs is 6. The molecule has 6 atom stereocenters. The van der Waals surface area contributed by atoms with Crippen molar-refractivity contribution in [2.75, 3.05) is 199 Å². The summed E-state index contributed by atoms with van der Waals surface area (Å²) in [6.07, 6.45) is 26.3. The number of para-hydroxylation sites is 1. The Hall–Kier alpha value is -11.2. The Balaban J connectivity index is 0.000000149. The molecular weight excluding hydrogens is 2080 g/mol. The molecule has 0 aliphatic carbocycles.